The minimum absolute atomic E-state index is 0.0576. The predicted molar refractivity (Wildman–Crippen MR) is 167 cm³/mol. The molecular weight excluding hydrogens is 613 g/mol. The number of halogens is 3. The maximum absolute atomic E-state index is 12.8. The third-order valence-corrected chi connectivity index (χ3v) is 7.55. The Kier molecular flexibility index (Phi) is 9.32. The van der Waals surface area contributed by atoms with Crippen molar-refractivity contribution < 1.29 is 27.5 Å². The predicted octanol–water partition coefficient (Wildman–Crippen LogP) is 6.71. The lowest BCUT2D eigenvalue weighted by atomic mass is 9.99. The molecule has 2 heterocycles. The number of alkyl halides is 3. The largest absolute Gasteiger partial charge is 0.573 e. The van der Waals surface area contributed by atoms with Gasteiger partial charge >= 0.3 is 6.36 Å². The maximum atomic E-state index is 12.8. The smallest absolute Gasteiger partial charge is 0.406 e. The first-order chi connectivity index (χ1) is 21.0. The van der Waals surface area contributed by atoms with Crippen molar-refractivity contribution >= 4 is 45.9 Å². The Morgan fingerprint density at radius 2 is 1.84 bits per heavy atom. The lowest BCUT2D eigenvalue weighted by Gasteiger charge is -2.22. The van der Waals surface area contributed by atoms with Gasteiger partial charge < -0.3 is 4.74 Å². The second kappa shape index (κ2) is 13.2. The van der Waals surface area contributed by atoms with Crippen molar-refractivity contribution in [2.45, 2.75) is 39.7 Å². The van der Waals surface area contributed by atoms with E-state index < -0.39 is 6.36 Å². The molecule has 0 radical (unpaired) electrons. The van der Waals surface area contributed by atoms with Gasteiger partial charge in [-0.25, -0.2) is 15.1 Å². The van der Waals surface area contributed by atoms with Gasteiger partial charge in [0, 0.05) is 5.56 Å². The highest BCUT2D eigenvalue weighted by atomic mass is 32.2. The minimum Gasteiger partial charge on any atom is -0.406 e. The maximum Gasteiger partial charge on any atom is 0.573 e. The van der Waals surface area contributed by atoms with Crippen molar-refractivity contribution in [2.24, 2.45) is 4.99 Å². The van der Waals surface area contributed by atoms with Gasteiger partial charge in [-0.2, -0.15) is 4.99 Å². The van der Waals surface area contributed by atoms with Crippen LogP contribution < -0.4 is 15.1 Å². The summed E-state index contributed by atoms with van der Waals surface area (Å²) in [7, 11) is 0. The van der Waals surface area contributed by atoms with E-state index in [-0.39, 0.29) is 35.0 Å². The summed E-state index contributed by atoms with van der Waals surface area (Å²) in [5, 5.41) is 4.99. The third-order valence-electron chi connectivity index (χ3n) is 6.45. The minimum atomic E-state index is -4.76. The van der Waals surface area contributed by atoms with Crippen LogP contribution in [0, 0.1) is 6.92 Å². The van der Waals surface area contributed by atoms with Crippen LogP contribution in [-0.4, -0.2) is 43.1 Å². The van der Waals surface area contributed by atoms with Crippen LogP contribution in [0.2, 0.25) is 0 Å². The summed E-state index contributed by atoms with van der Waals surface area (Å²) in [5.41, 5.74) is 7.67. The average Bonchev–Trinajstić information content (AvgIpc) is 3.60. The van der Waals surface area contributed by atoms with E-state index in [0.29, 0.717) is 16.7 Å². The lowest BCUT2D eigenvalue weighted by molar-refractivity contribution is -0.274. The number of nitrogens with zero attached hydrogens (tertiary/aromatic N) is 5. The van der Waals surface area contributed by atoms with E-state index >= 15 is 0 Å². The van der Waals surface area contributed by atoms with E-state index in [1.807, 2.05) is 49.4 Å². The molecule has 0 bridgehead atoms. The van der Waals surface area contributed by atoms with Crippen LogP contribution in [0.4, 0.5) is 18.9 Å². The Labute approximate surface area is 261 Å². The first-order valence-corrected chi connectivity index (χ1v) is 14.8. The first-order valence-electron chi connectivity index (χ1n) is 13.4. The highest BCUT2D eigenvalue weighted by Gasteiger charge is 2.32. The molecule has 3 aromatic carbocycles. The zero-order valence-electron chi connectivity index (χ0n) is 23.8. The van der Waals surface area contributed by atoms with E-state index in [1.165, 1.54) is 47.0 Å². The number of thiocarbonyl (C=S) groups is 1. The Morgan fingerprint density at radius 3 is 2.52 bits per heavy atom. The molecule has 1 fully saturated rings. The van der Waals surface area contributed by atoms with Crippen LogP contribution in [0.1, 0.15) is 36.5 Å². The number of carbonyl (C=O) groups is 1. The van der Waals surface area contributed by atoms with Crippen molar-refractivity contribution in [1.82, 2.24) is 20.2 Å². The topological polar surface area (TPSA) is 93.9 Å². The number of benzene rings is 3. The molecule has 1 amide bonds. The molecule has 0 spiro atoms. The number of amidine groups is 1. The van der Waals surface area contributed by atoms with Gasteiger partial charge in [-0.3, -0.25) is 14.5 Å². The fraction of sp³-hybridized carbons (Fsp3) is 0.233. The number of nitrogens with one attached hydrogen (secondary N) is 1. The van der Waals surface area contributed by atoms with E-state index in [0.717, 1.165) is 27.9 Å². The highest BCUT2D eigenvalue weighted by Crippen LogP contribution is 2.34. The summed E-state index contributed by atoms with van der Waals surface area (Å²) in [4.78, 5) is 28.7. The molecule has 228 valence electrons. The number of amides is 1. The molecule has 44 heavy (non-hydrogen) atoms. The number of hydrogen-bond acceptors (Lipinski definition) is 7. The number of ether oxygens (including phenoxy) is 1. The zero-order valence-corrected chi connectivity index (χ0v) is 25.5. The summed E-state index contributed by atoms with van der Waals surface area (Å²) in [6, 6.07) is 18.7. The molecule has 9 nitrogen and oxygen atoms in total. The molecule has 0 aliphatic carbocycles. The number of hydroxylamine groups is 1. The summed E-state index contributed by atoms with van der Waals surface area (Å²) in [5.74, 6) is 0.553. The van der Waals surface area contributed by atoms with Crippen molar-refractivity contribution in [1.29, 1.82) is 0 Å². The van der Waals surface area contributed by atoms with E-state index in [2.05, 4.69) is 39.1 Å². The molecule has 1 aromatic heterocycles. The van der Waals surface area contributed by atoms with Gasteiger partial charge in [0.15, 0.2) is 11.0 Å². The van der Waals surface area contributed by atoms with Gasteiger partial charge in [0.2, 0.25) is 11.0 Å². The van der Waals surface area contributed by atoms with E-state index in [4.69, 9.17) is 17.1 Å². The molecule has 1 aliphatic rings. The molecule has 0 saturated carbocycles. The summed E-state index contributed by atoms with van der Waals surface area (Å²) < 4.78 is 42.5. The van der Waals surface area contributed by atoms with Gasteiger partial charge in [-0.15, -0.1) is 18.3 Å². The van der Waals surface area contributed by atoms with Crippen LogP contribution in [0.25, 0.3) is 17.1 Å². The van der Waals surface area contributed by atoms with Gasteiger partial charge in [0.1, 0.15) is 12.1 Å². The number of anilines is 1. The van der Waals surface area contributed by atoms with Crippen molar-refractivity contribution in [3.05, 3.63) is 89.7 Å². The van der Waals surface area contributed by atoms with Crippen LogP contribution in [0.15, 0.2) is 78.0 Å². The number of rotatable bonds is 8. The SMILES string of the molecule is Cc1ccc(C(C)C)c(N2C(=O)CS/C2=N\C(=S)NOCc2ccc(-c3ncn(-c4ccc(OC(F)(F)F)cc4)n3)cc2)c1. The van der Waals surface area contributed by atoms with E-state index in [9.17, 15) is 18.0 Å². The summed E-state index contributed by atoms with van der Waals surface area (Å²) in [6.07, 6.45) is -3.29. The van der Waals surface area contributed by atoms with Crippen molar-refractivity contribution in [2.75, 3.05) is 10.7 Å². The molecule has 5 rings (SSSR count). The first kappa shape index (κ1) is 31.2. The van der Waals surface area contributed by atoms with Gasteiger partial charge in [-0.05, 0) is 72.1 Å². The summed E-state index contributed by atoms with van der Waals surface area (Å²) in [6.45, 7) is 6.33. The zero-order chi connectivity index (χ0) is 31.4. The van der Waals surface area contributed by atoms with Gasteiger partial charge in [0.25, 0.3) is 0 Å². The molecule has 0 atom stereocenters. The third kappa shape index (κ3) is 7.62. The van der Waals surface area contributed by atoms with Gasteiger partial charge in [-0.1, -0.05) is 62.0 Å². The molecular formula is C30H27F3N6O3S2. The molecule has 14 heteroatoms. The second-order valence-corrected chi connectivity index (χ2v) is 11.4. The number of carbonyl (C=O) groups excluding carboxylic acids is 1. The summed E-state index contributed by atoms with van der Waals surface area (Å²) >= 11 is 6.69. The van der Waals surface area contributed by atoms with Gasteiger partial charge in [0.05, 0.1) is 23.7 Å². The molecule has 1 saturated heterocycles. The molecule has 0 unspecified atom stereocenters. The van der Waals surface area contributed by atoms with Crippen LogP contribution >= 0.6 is 24.0 Å². The number of aryl methyl sites for hydroxylation is 1. The lowest BCUT2D eigenvalue weighted by Crippen LogP contribution is -2.32. The number of hydrogen-bond donors (Lipinski definition) is 1. The van der Waals surface area contributed by atoms with Crippen LogP contribution in [-0.2, 0) is 16.2 Å². The fourth-order valence-electron chi connectivity index (χ4n) is 4.38. The van der Waals surface area contributed by atoms with Crippen molar-refractivity contribution in [3.8, 4) is 22.8 Å². The molecule has 1 aliphatic heterocycles. The van der Waals surface area contributed by atoms with Crippen LogP contribution in [0.3, 0.4) is 0 Å². The highest BCUT2D eigenvalue weighted by molar-refractivity contribution is 8.15. The normalized spacial score (nSPS) is 14.5. The number of thioether (sulfide) groups is 1. The average molecular weight is 641 g/mol. The Balaban J connectivity index is 1.17. The Morgan fingerprint density at radius 1 is 1.11 bits per heavy atom. The standard InChI is InChI=1S/C30H27F3N6O3S2/c1-18(2)24-13-4-19(3)14-25(24)39-26(40)16-44-29(39)35-28(43)37-41-15-20-5-7-21(8-6-20)27-34-17-38(36-27)22-9-11-23(12-10-22)42-30(31,32)33/h4-14,17-18H,15-16H2,1-3H3,(H,37,43)/b35-29-. The second-order valence-electron chi connectivity index (χ2n) is 10.1. The fourth-order valence-corrected chi connectivity index (χ4v) is 5.45. The van der Waals surface area contributed by atoms with Crippen molar-refractivity contribution in [3.63, 3.8) is 0 Å². The Hall–Kier alpha value is -4.27. The Bertz CT molecular complexity index is 1690. The molecule has 1 N–H and O–H groups in total. The quantitative estimate of drug-likeness (QED) is 0.168. The number of aromatic nitrogens is 3. The van der Waals surface area contributed by atoms with E-state index in [1.54, 1.807) is 4.90 Å². The molecule has 4 aromatic rings. The number of aliphatic imine (C=N–C) groups is 1. The monoisotopic (exact) mass is 640 g/mol. The van der Waals surface area contributed by atoms with Crippen LogP contribution in [0.5, 0.6) is 5.75 Å².